The third-order valence-electron chi connectivity index (χ3n) is 4.79. The van der Waals surface area contributed by atoms with Gasteiger partial charge in [0.15, 0.2) is 18.1 Å². The predicted octanol–water partition coefficient (Wildman–Crippen LogP) is 2.95. The third kappa shape index (κ3) is 4.08. The number of fused-ring (bicyclic) bond motifs is 2. The standard InChI is InChI=1S/C20H19ClN2O6S/c21-12-7-10(8-13-17(12)28-6-2-5-27-13)20(26)29-9-15(24)23-19-16(18(22)25)11-3-1-4-14(11)30-19/h7-8H,1-6,9H2,(H2,22,25)(H,23,24). The molecule has 1 aliphatic carbocycles. The summed E-state index contributed by atoms with van der Waals surface area (Å²) in [7, 11) is 0. The molecule has 10 heteroatoms. The first-order valence-corrected chi connectivity index (χ1v) is 10.6. The number of esters is 1. The summed E-state index contributed by atoms with van der Waals surface area (Å²) in [5, 5.41) is 3.25. The van der Waals surface area contributed by atoms with E-state index in [0.717, 1.165) is 29.7 Å². The Labute approximate surface area is 181 Å². The van der Waals surface area contributed by atoms with Gasteiger partial charge < -0.3 is 25.3 Å². The van der Waals surface area contributed by atoms with Crippen LogP contribution in [0.4, 0.5) is 5.00 Å². The number of hydrogen-bond donors (Lipinski definition) is 2. The Kier molecular flexibility index (Phi) is 5.83. The number of halogens is 1. The molecule has 1 aromatic carbocycles. The highest BCUT2D eigenvalue weighted by Crippen LogP contribution is 2.39. The summed E-state index contributed by atoms with van der Waals surface area (Å²) in [5.74, 6) is -1.13. The van der Waals surface area contributed by atoms with Gasteiger partial charge in [0.1, 0.15) is 5.00 Å². The van der Waals surface area contributed by atoms with E-state index in [1.54, 1.807) is 0 Å². The van der Waals surface area contributed by atoms with Gasteiger partial charge in [0.05, 0.1) is 29.4 Å². The minimum Gasteiger partial charge on any atom is -0.489 e. The summed E-state index contributed by atoms with van der Waals surface area (Å²) in [6, 6.07) is 2.88. The Bertz CT molecular complexity index is 1030. The molecule has 0 fully saturated rings. The number of thiophene rings is 1. The number of ether oxygens (including phenoxy) is 3. The number of carbonyl (C=O) groups excluding carboxylic acids is 3. The molecule has 0 saturated heterocycles. The van der Waals surface area contributed by atoms with Crippen molar-refractivity contribution in [2.75, 3.05) is 25.1 Å². The van der Waals surface area contributed by atoms with Gasteiger partial charge in [0, 0.05) is 11.3 Å². The van der Waals surface area contributed by atoms with E-state index in [4.69, 9.17) is 31.5 Å². The number of nitrogens with one attached hydrogen (secondary N) is 1. The molecule has 2 aliphatic rings. The first-order valence-electron chi connectivity index (χ1n) is 9.44. The highest BCUT2D eigenvalue weighted by atomic mass is 35.5. The van der Waals surface area contributed by atoms with Crippen LogP contribution in [0.25, 0.3) is 0 Å². The molecule has 8 nitrogen and oxygen atoms in total. The molecule has 3 N–H and O–H groups in total. The highest BCUT2D eigenvalue weighted by Gasteiger charge is 2.26. The Morgan fingerprint density at radius 3 is 2.77 bits per heavy atom. The molecular formula is C20H19ClN2O6S. The molecule has 0 bridgehead atoms. The van der Waals surface area contributed by atoms with Crippen molar-refractivity contribution in [3.8, 4) is 11.5 Å². The van der Waals surface area contributed by atoms with Gasteiger partial charge in [0.25, 0.3) is 11.8 Å². The number of benzene rings is 1. The largest absolute Gasteiger partial charge is 0.489 e. The topological polar surface area (TPSA) is 117 Å². The number of carbonyl (C=O) groups is 3. The van der Waals surface area contributed by atoms with E-state index in [1.807, 2.05) is 0 Å². The van der Waals surface area contributed by atoms with Crippen molar-refractivity contribution in [2.45, 2.75) is 25.7 Å². The lowest BCUT2D eigenvalue weighted by Gasteiger charge is -2.11. The van der Waals surface area contributed by atoms with E-state index >= 15 is 0 Å². The van der Waals surface area contributed by atoms with Crippen molar-refractivity contribution in [1.29, 1.82) is 0 Å². The molecule has 1 aliphatic heterocycles. The van der Waals surface area contributed by atoms with Crippen molar-refractivity contribution in [1.82, 2.24) is 0 Å². The molecule has 158 valence electrons. The van der Waals surface area contributed by atoms with Crippen LogP contribution in [-0.4, -0.2) is 37.6 Å². The summed E-state index contributed by atoms with van der Waals surface area (Å²) in [5.41, 5.74) is 6.88. The van der Waals surface area contributed by atoms with E-state index in [9.17, 15) is 14.4 Å². The van der Waals surface area contributed by atoms with Gasteiger partial charge >= 0.3 is 5.97 Å². The Morgan fingerprint density at radius 1 is 1.17 bits per heavy atom. The zero-order valence-electron chi connectivity index (χ0n) is 15.9. The average Bonchev–Trinajstić information content (AvgIpc) is 3.18. The second kappa shape index (κ2) is 8.53. The van der Waals surface area contributed by atoms with Crippen molar-refractivity contribution in [2.24, 2.45) is 5.73 Å². The van der Waals surface area contributed by atoms with Gasteiger partial charge in [-0.15, -0.1) is 11.3 Å². The number of aryl methyl sites for hydroxylation is 1. The monoisotopic (exact) mass is 450 g/mol. The minimum absolute atomic E-state index is 0.143. The molecule has 0 atom stereocenters. The predicted molar refractivity (Wildman–Crippen MR) is 111 cm³/mol. The normalized spacial score (nSPS) is 14.6. The third-order valence-corrected chi connectivity index (χ3v) is 6.28. The van der Waals surface area contributed by atoms with E-state index < -0.39 is 24.4 Å². The van der Waals surface area contributed by atoms with E-state index in [-0.39, 0.29) is 10.6 Å². The van der Waals surface area contributed by atoms with Gasteiger partial charge in [-0.3, -0.25) is 9.59 Å². The maximum Gasteiger partial charge on any atom is 0.338 e. The fraction of sp³-hybridized carbons (Fsp3) is 0.350. The lowest BCUT2D eigenvalue weighted by molar-refractivity contribution is -0.119. The van der Waals surface area contributed by atoms with Gasteiger partial charge in [-0.25, -0.2) is 4.79 Å². The highest BCUT2D eigenvalue weighted by molar-refractivity contribution is 7.17. The van der Waals surface area contributed by atoms with Gasteiger partial charge in [0.2, 0.25) is 0 Å². The van der Waals surface area contributed by atoms with E-state index in [0.29, 0.717) is 41.7 Å². The van der Waals surface area contributed by atoms with E-state index in [1.165, 1.54) is 23.5 Å². The lowest BCUT2D eigenvalue weighted by Crippen LogP contribution is -2.22. The molecule has 30 heavy (non-hydrogen) atoms. The van der Waals surface area contributed by atoms with Crippen LogP contribution >= 0.6 is 22.9 Å². The Hall–Kier alpha value is -2.78. The first kappa shape index (κ1) is 20.5. The van der Waals surface area contributed by atoms with Gasteiger partial charge in [-0.2, -0.15) is 0 Å². The number of hydrogen-bond acceptors (Lipinski definition) is 7. The molecule has 2 aromatic rings. The summed E-state index contributed by atoms with van der Waals surface area (Å²) >= 11 is 7.52. The van der Waals surface area contributed by atoms with Crippen LogP contribution in [0.15, 0.2) is 12.1 Å². The molecule has 0 radical (unpaired) electrons. The number of amides is 2. The fourth-order valence-corrected chi connectivity index (χ4v) is 5.05. The van der Waals surface area contributed by atoms with Gasteiger partial charge in [-0.05, 0) is 37.0 Å². The van der Waals surface area contributed by atoms with Crippen LogP contribution in [0.3, 0.4) is 0 Å². The first-order chi connectivity index (χ1) is 14.4. The van der Waals surface area contributed by atoms with Crippen LogP contribution in [0.5, 0.6) is 11.5 Å². The molecular weight excluding hydrogens is 432 g/mol. The fourth-order valence-electron chi connectivity index (χ4n) is 3.48. The van der Waals surface area contributed by atoms with Crippen LogP contribution in [0.2, 0.25) is 5.02 Å². The summed E-state index contributed by atoms with van der Waals surface area (Å²) < 4.78 is 16.2. The molecule has 2 heterocycles. The smallest absolute Gasteiger partial charge is 0.338 e. The molecule has 2 amide bonds. The lowest BCUT2D eigenvalue weighted by atomic mass is 10.1. The number of primary amides is 1. The zero-order valence-corrected chi connectivity index (χ0v) is 17.5. The average molecular weight is 451 g/mol. The van der Waals surface area contributed by atoms with Crippen molar-refractivity contribution >= 4 is 45.7 Å². The Balaban J connectivity index is 1.41. The quantitative estimate of drug-likeness (QED) is 0.676. The number of nitrogens with two attached hydrogens (primary N) is 1. The van der Waals surface area contributed by atoms with Crippen LogP contribution in [-0.2, 0) is 22.4 Å². The number of anilines is 1. The maximum absolute atomic E-state index is 12.4. The van der Waals surface area contributed by atoms with Crippen LogP contribution in [0.1, 0.15) is 44.0 Å². The zero-order chi connectivity index (χ0) is 21.3. The molecule has 0 unspecified atom stereocenters. The van der Waals surface area contributed by atoms with Crippen molar-refractivity contribution in [3.05, 3.63) is 38.7 Å². The van der Waals surface area contributed by atoms with E-state index in [2.05, 4.69) is 5.32 Å². The molecule has 1 aromatic heterocycles. The number of rotatable bonds is 5. The van der Waals surface area contributed by atoms with Crippen molar-refractivity contribution < 1.29 is 28.6 Å². The second-order valence-corrected chi connectivity index (χ2v) is 8.40. The summed E-state index contributed by atoms with van der Waals surface area (Å²) in [6.07, 6.45) is 3.28. The summed E-state index contributed by atoms with van der Waals surface area (Å²) in [4.78, 5) is 37.5. The minimum atomic E-state index is -0.730. The SMILES string of the molecule is NC(=O)c1c(NC(=O)COC(=O)c2cc(Cl)c3c(c2)OCCCO3)sc2c1CCC2. The summed E-state index contributed by atoms with van der Waals surface area (Å²) in [6.45, 7) is 0.388. The molecule has 0 spiro atoms. The molecule has 0 saturated carbocycles. The van der Waals surface area contributed by atoms with Gasteiger partial charge in [-0.1, -0.05) is 11.6 Å². The van der Waals surface area contributed by atoms with Crippen LogP contribution in [0, 0.1) is 0 Å². The molecule has 4 rings (SSSR count). The van der Waals surface area contributed by atoms with Crippen LogP contribution < -0.4 is 20.5 Å². The Morgan fingerprint density at radius 2 is 1.97 bits per heavy atom. The maximum atomic E-state index is 12.4. The second-order valence-electron chi connectivity index (χ2n) is 6.89. The van der Waals surface area contributed by atoms with Crippen molar-refractivity contribution in [3.63, 3.8) is 0 Å².